The second kappa shape index (κ2) is 7.11. The Bertz CT molecular complexity index is 699. The molecule has 124 valence electrons. The van der Waals surface area contributed by atoms with Crippen molar-refractivity contribution in [3.63, 3.8) is 0 Å². The second-order valence-corrected chi connectivity index (χ2v) is 7.88. The minimum Gasteiger partial charge on any atom is -0.349 e. The number of hydrogen-bond donors (Lipinski definition) is 1. The standard InChI is InChI=1S/C16H21N3O3S/c1-12(14-5-3-13(11-17)4-6-14)18-16(20)15-7-9-19(10-8-15)23(2,21)22/h3-6,12,15H,7-10H2,1-2H3,(H,18,20). The van der Waals surface area contributed by atoms with Gasteiger partial charge in [0.25, 0.3) is 0 Å². The van der Waals surface area contributed by atoms with E-state index in [0.717, 1.165) is 5.56 Å². The highest BCUT2D eigenvalue weighted by Gasteiger charge is 2.29. The maximum absolute atomic E-state index is 12.3. The minimum atomic E-state index is -3.17. The number of piperidine rings is 1. The van der Waals surface area contributed by atoms with E-state index in [2.05, 4.69) is 11.4 Å². The van der Waals surface area contributed by atoms with Crippen molar-refractivity contribution in [3.05, 3.63) is 35.4 Å². The summed E-state index contributed by atoms with van der Waals surface area (Å²) in [4.78, 5) is 12.3. The van der Waals surface area contributed by atoms with Crippen molar-refractivity contribution in [3.8, 4) is 6.07 Å². The highest BCUT2D eigenvalue weighted by molar-refractivity contribution is 7.88. The first-order valence-corrected chi connectivity index (χ1v) is 9.41. The summed E-state index contributed by atoms with van der Waals surface area (Å²) >= 11 is 0. The van der Waals surface area contributed by atoms with Gasteiger partial charge in [-0.2, -0.15) is 5.26 Å². The molecule has 23 heavy (non-hydrogen) atoms. The summed E-state index contributed by atoms with van der Waals surface area (Å²) in [6.45, 7) is 2.68. The van der Waals surface area contributed by atoms with Crippen LogP contribution in [0, 0.1) is 17.2 Å². The second-order valence-electron chi connectivity index (χ2n) is 5.90. The maximum atomic E-state index is 12.3. The third kappa shape index (κ3) is 4.53. The van der Waals surface area contributed by atoms with Gasteiger partial charge in [0.1, 0.15) is 0 Å². The largest absolute Gasteiger partial charge is 0.349 e. The van der Waals surface area contributed by atoms with E-state index in [9.17, 15) is 13.2 Å². The molecule has 6 nitrogen and oxygen atoms in total. The molecule has 1 aliphatic rings. The Kier molecular flexibility index (Phi) is 5.39. The molecule has 0 spiro atoms. The lowest BCUT2D eigenvalue weighted by Gasteiger charge is -2.30. The van der Waals surface area contributed by atoms with Crippen LogP contribution in [0.2, 0.25) is 0 Å². The fourth-order valence-electron chi connectivity index (χ4n) is 2.71. The summed E-state index contributed by atoms with van der Waals surface area (Å²) in [5, 5.41) is 11.8. The summed E-state index contributed by atoms with van der Waals surface area (Å²) in [5.74, 6) is -0.205. The van der Waals surface area contributed by atoms with Crippen molar-refractivity contribution in [1.29, 1.82) is 5.26 Å². The Morgan fingerprint density at radius 3 is 2.35 bits per heavy atom. The maximum Gasteiger partial charge on any atom is 0.223 e. The molecule has 1 N–H and O–H groups in total. The molecule has 1 amide bonds. The van der Waals surface area contributed by atoms with Gasteiger partial charge in [-0.1, -0.05) is 12.1 Å². The van der Waals surface area contributed by atoms with Crippen LogP contribution in [-0.2, 0) is 14.8 Å². The Morgan fingerprint density at radius 1 is 1.30 bits per heavy atom. The van der Waals surface area contributed by atoms with E-state index in [0.29, 0.717) is 31.5 Å². The lowest BCUT2D eigenvalue weighted by atomic mass is 9.96. The van der Waals surface area contributed by atoms with E-state index in [1.165, 1.54) is 10.6 Å². The molecule has 1 aromatic rings. The van der Waals surface area contributed by atoms with Gasteiger partial charge in [0.05, 0.1) is 23.9 Å². The minimum absolute atomic E-state index is 0.0463. The number of benzene rings is 1. The monoisotopic (exact) mass is 335 g/mol. The SMILES string of the molecule is CC(NC(=O)C1CCN(S(C)(=O)=O)CC1)c1ccc(C#N)cc1. The smallest absolute Gasteiger partial charge is 0.223 e. The molecule has 1 aliphatic heterocycles. The summed E-state index contributed by atoms with van der Waals surface area (Å²) in [5.41, 5.74) is 1.52. The molecule has 1 aromatic carbocycles. The first kappa shape index (κ1) is 17.4. The zero-order valence-electron chi connectivity index (χ0n) is 13.3. The number of carbonyl (C=O) groups excluding carboxylic acids is 1. The third-order valence-corrected chi connectivity index (χ3v) is 5.50. The van der Waals surface area contributed by atoms with Gasteiger partial charge in [-0.15, -0.1) is 0 Å². The Hall–Kier alpha value is -1.91. The first-order valence-electron chi connectivity index (χ1n) is 7.57. The number of nitrogens with one attached hydrogen (secondary N) is 1. The Balaban J connectivity index is 1.90. The highest BCUT2D eigenvalue weighted by atomic mass is 32.2. The molecule has 1 fully saturated rings. The molecule has 1 atom stereocenters. The number of rotatable bonds is 4. The molecule has 1 unspecified atom stereocenters. The van der Waals surface area contributed by atoms with Gasteiger partial charge in [-0.05, 0) is 37.5 Å². The number of carbonyl (C=O) groups is 1. The topological polar surface area (TPSA) is 90.3 Å². The van der Waals surface area contributed by atoms with Crippen LogP contribution < -0.4 is 5.32 Å². The Morgan fingerprint density at radius 2 is 1.87 bits per heavy atom. The van der Waals surface area contributed by atoms with E-state index in [4.69, 9.17) is 5.26 Å². The quantitative estimate of drug-likeness (QED) is 0.900. The zero-order valence-corrected chi connectivity index (χ0v) is 14.1. The summed E-state index contributed by atoms with van der Waals surface area (Å²) < 4.78 is 24.4. The van der Waals surface area contributed by atoms with Crippen LogP contribution in [0.1, 0.15) is 36.9 Å². The van der Waals surface area contributed by atoms with Gasteiger partial charge in [0.15, 0.2) is 0 Å². The summed E-state index contributed by atoms with van der Waals surface area (Å²) in [6, 6.07) is 9.02. The molecule has 7 heteroatoms. The third-order valence-electron chi connectivity index (χ3n) is 4.19. The fourth-order valence-corrected chi connectivity index (χ4v) is 3.58. The van der Waals surface area contributed by atoms with Crippen LogP contribution in [-0.4, -0.2) is 38.0 Å². The van der Waals surface area contributed by atoms with Gasteiger partial charge in [-0.25, -0.2) is 12.7 Å². The molecule has 0 aromatic heterocycles. The van der Waals surface area contributed by atoms with E-state index < -0.39 is 10.0 Å². The van der Waals surface area contributed by atoms with Crippen molar-refractivity contribution in [2.75, 3.05) is 19.3 Å². The Labute approximate surface area is 137 Å². The summed E-state index contributed by atoms with van der Waals surface area (Å²) in [7, 11) is -3.17. The zero-order chi connectivity index (χ0) is 17.0. The number of amides is 1. The van der Waals surface area contributed by atoms with E-state index in [1.54, 1.807) is 12.1 Å². The van der Waals surface area contributed by atoms with Gasteiger partial charge in [0, 0.05) is 19.0 Å². The predicted molar refractivity (Wildman–Crippen MR) is 86.9 cm³/mol. The lowest BCUT2D eigenvalue weighted by molar-refractivity contribution is -0.126. The van der Waals surface area contributed by atoms with Gasteiger partial charge in [-0.3, -0.25) is 4.79 Å². The van der Waals surface area contributed by atoms with Crippen molar-refractivity contribution >= 4 is 15.9 Å². The molecule has 0 saturated carbocycles. The number of nitriles is 1. The average Bonchev–Trinajstić information content (AvgIpc) is 2.54. The molecule has 2 rings (SSSR count). The van der Waals surface area contributed by atoms with Gasteiger partial charge in [0.2, 0.25) is 15.9 Å². The predicted octanol–water partition coefficient (Wildman–Crippen LogP) is 1.41. The molecule has 1 saturated heterocycles. The number of nitrogens with zero attached hydrogens (tertiary/aromatic N) is 2. The van der Waals surface area contributed by atoms with Gasteiger partial charge >= 0.3 is 0 Å². The van der Waals surface area contributed by atoms with E-state index in [1.807, 2.05) is 19.1 Å². The van der Waals surface area contributed by atoms with Crippen molar-refractivity contribution < 1.29 is 13.2 Å². The molecular weight excluding hydrogens is 314 g/mol. The van der Waals surface area contributed by atoms with Gasteiger partial charge < -0.3 is 5.32 Å². The fraction of sp³-hybridized carbons (Fsp3) is 0.500. The first-order chi connectivity index (χ1) is 10.8. The molecule has 0 bridgehead atoms. The van der Waals surface area contributed by atoms with Crippen LogP contribution in [0.3, 0.4) is 0 Å². The van der Waals surface area contributed by atoms with Crippen LogP contribution >= 0.6 is 0 Å². The van der Waals surface area contributed by atoms with Crippen LogP contribution in [0.15, 0.2) is 24.3 Å². The van der Waals surface area contributed by atoms with Crippen molar-refractivity contribution in [1.82, 2.24) is 9.62 Å². The number of sulfonamides is 1. The molecular formula is C16H21N3O3S. The molecule has 0 radical (unpaired) electrons. The van der Waals surface area contributed by atoms with Crippen LogP contribution in [0.25, 0.3) is 0 Å². The van der Waals surface area contributed by atoms with Crippen LogP contribution in [0.5, 0.6) is 0 Å². The molecule has 1 heterocycles. The van der Waals surface area contributed by atoms with E-state index >= 15 is 0 Å². The summed E-state index contributed by atoms with van der Waals surface area (Å²) in [6.07, 6.45) is 2.28. The van der Waals surface area contributed by atoms with Crippen molar-refractivity contribution in [2.24, 2.45) is 5.92 Å². The lowest BCUT2D eigenvalue weighted by Crippen LogP contribution is -2.43. The number of hydrogen-bond acceptors (Lipinski definition) is 4. The normalized spacial score (nSPS) is 18.1. The van der Waals surface area contributed by atoms with Crippen LogP contribution in [0.4, 0.5) is 0 Å². The van der Waals surface area contributed by atoms with Crippen molar-refractivity contribution in [2.45, 2.75) is 25.8 Å². The van der Waals surface area contributed by atoms with E-state index in [-0.39, 0.29) is 17.9 Å². The highest BCUT2D eigenvalue weighted by Crippen LogP contribution is 2.21. The molecule has 0 aliphatic carbocycles. The average molecular weight is 335 g/mol.